The zero-order valence-corrected chi connectivity index (χ0v) is 16.9. The molecule has 1 amide bonds. The van der Waals surface area contributed by atoms with Crippen molar-refractivity contribution in [1.82, 2.24) is 14.8 Å². The van der Waals surface area contributed by atoms with Crippen LogP contribution in [0.3, 0.4) is 0 Å². The standard InChI is InChI=1S/C21H14BrClN4O/c22-15-7-5-9-17(13-15)24-21(28)19-25-20(14-6-4-8-16(23)12-14)27(26-19)18-10-2-1-3-11-18/h1-13H,(H,24,28). The summed E-state index contributed by atoms with van der Waals surface area (Å²) in [7, 11) is 0. The van der Waals surface area contributed by atoms with Crippen molar-refractivity contribution >= 4 is 39.1 Å². The molecule has 0 saturated carbocycles. The van der Waals surface area contributed by atoms with Gasteiger partial charge in [0.1, 0.15) is 0 Å². The largest absolute Gasteiger partial charge is 0.319 e. The second-order valence-electron chi connectivity index (χ2n) is 5.98. The van der Waals surface area contributed by atoms with Crippen LogP contribution < -0.4 is 5.32 Å². The Morgan fingerprint density at radius 1 is 0.964 bits per heavy atom. The highest BCUT2D eigenvalue weighted by molar-refractivity contribution is 9.10. The molecule has 4 rings (SSSR count). The lowest BCUT2D eigenvalue weighted by Crippen LogP contribution is -2.14. The van der Waals surface area contributed by atoms with Crippen LogP contribution in [0, 0.1) is 0 Å². The molecule has 4 aromatic rings. The molecule has 3 aromatic carbocycles. The first-order chi connectivity index (χ1) is 13.6. The third kappa shape index (κ3) is 3.98. The van der Waals surface area contributed by atoms with E-state index in [9.17, 15) is 4.79 Å². The Bertz CT molecular complexity index is 1140. The number of halogens is 2. The van der Waals surface area contributed by atoms with Gasteiger partial charge in [0.05, 0.1) is 5.69 Å². The Labute approximate surface area is 175 Å². The highest BCUT2D eigenvalue weighted by Gasteiger charge is 2.19. The lowest BCUT2D eigenvalue weighted by molar-refractivity contribution is 0.101. The van der Waals surface area contributed by atoms with Crippen molar-refractivity contribution in [3.8, 4) is 17.1 Å². The van der Waals surface area contributed by atoms with E-state index in [1.165, 1.54) is 0 Å². The van der Waals surface area contributed by atoms with E-state index in [0.29, 0.717) is 16.5 Å². The number of para-hydroxylation sites is 1. The number of nitrogens with zero attached hydrogens (tertiary/aromatic N) is 3. The number of anilines is 1. The molecular weight excluding hydrogens is 440 g/mol. The van der Waals surface area contributed by atoms with Gasteiger partial charge in [-0.2, -0.15) is 0 Å². The van der Waals surface area contributed by atoms with Crippen molar-refractivity contribution in [2.24, 2.45) is 0 Å². The molecule has 0 fully saturated rings. The van der Waals surface area contributed by atoms with E-state index < -0.39 is 5.91 Å². The zero-order chi connectivity index (χ0) is 19.5. The summed E-state index contributed by atoms with van der Waals surface area (Å²) in [5, 5.41) is 7.85. The first-order valence-corrected chi connectivity index (χ1v) is 9.62. The summed E-state index contributed by atoms with van der Waals surface area (Å²) in [6, 6.07) is 24.2. The van der Waals surface area contributed by atoms with Gasteiger partial charge in [-0.1, -0.05) is 63.9 Å². The molecule has 0 unspecified atom stereocenters. The molecule has 28 heavy (non-hydrogen) atoms. The Morgan fingerprint density at radius 3 is 2.50 bits per heavy atom. The van der Waals surface area contributed by atoms with Gasteiger partial charge in [0.15, 0.2) is 5.82 Å². The maximum atomic E-state index is 12.7. The number of nitrogens with one attached hydrogen (secondary N) is 1. The smallest absolute Gasteiger partial charge is 0.295 e. The molecule has 1 heterocycles. The minimum atomic E-state index is -0.393. The molecule has 1 N–H and O–H groups in total. The summed E-state index contributed by atoms with van der Waals surface area (Å²) >= 11 is 9.54. The Balaban J connectivity index is 1.76. The van der Waals surface area contributed by atoms with Gasteiger partial charge in [0.25, 0.3) is 5.91 Å². The summed E-state index contributed by atoms with van der Waals surface area (Å²) in [5.41, 5.74) is 2.22. The minimum Gasteiger partial charge on any atom is -0.319 e. The number of carbonyl (C=O) groups excluding carboxylic acids is 1. The molecule has 0 radical (unpaired) electrons. The van der Waals surface area contributed by atoms with Gasteiger partial charge < -0.3 is 5.32 Å². The van der Waals surface area contributed by atoms with E-state index in [-0.39, 0.29) is 5.82 Å². The van der Waals surface area contributed by atoms with Gasteiger partial charge in [-0.05, 0) is 42.5 Å². The normalized spacial score (nSPS) is 10.6. The van der Waals surface area contributed by atoms with Crippen molar-refractivity contribution in [2.75, 3.05) is 5.32 Å². The fourth-order valence-corrected chi connectivity index (χ4v) is 3.31. The van der Waals surface area contributed by atoms with Crippen LogP contribution in [0.15, 0.2) is 83.3 Å². The molecule has 0 bridgehead atoms. The summed E-state index contributed by atoms with van der Waals surface area (Å²) in [4.78, 5) is 17.2. The molecular formula is C21H14BrClN4O. The molecule has 0 aliphatic rings. The maximum Gasteiger partial charge on any atom is 0.295 e. The number of aromatic nitrogens is 3. The molecule has 0 aliphatic carbocycles. The average molecular weight is 454 g/mol. The van der Waals surface area contributed by atoms with E-state index in [1.807, 2.05) is 60.7 Å². The zero-order valence-electron chi connectivity index (χ0n) is 14.5. The third-order valence-corrected chi connectivity index (χ3v) is 4.70. The lowest BCUT2D eigenvalue weighted by atomic mass is 10.2. The molecule has 7 heteroatoms. The monoisotopic (exact) mass is 452 g/mol. The number of hydrogen-bond donors (Lipinski definition) is 1. The van der Waals surface area contributed by atoms with E-state index in [1.54, 1.807) is 22.9 Å². The van der Waals surface area contributed by atoms with Gasteiger partial charge in [-0.15, -0.1) is 5.10 Å². The van der Waals surface area contributed by atoms with Crippen LogP contribution in [-0.2, 0) is 0 Å². The van der Waals surface area contributed by atoms with Crippen LogP contribution in [-0.4, -0.2) is 20.7 Å². The summed E-state index contributed by atoms with van der Waals surface area (Å²) < 4.78 is 2.51. The van der Waals surface area contributed by atoms with Gasteiger partial charge in [-0.25, -0.2) is 9.67 Å². The molecule has 0 aliphatic heterocycles. The van der Waals surface area contributed by atoms with Crippen molar-refractivity contribution in [3.63, 3.8) is 0 Å². The van der Waals surface area contributed by atoms with Crippen LogP contribution in [0.1, 0.15) is 10.6 Å². The van der Waals surface area contributed by atoms with Gasteiger partial charge >= 0.3 is 0 Å². The fourth-order valence-electron chi connectivity index (χ4n) is 2.73. The van der Waals surface area contributed by atoms with Crippen LogP contribution in [0.4, 0.5) is 5.69 Å². The number of carbonyl (C=O) groups is 1. The first kappa shape index (κ1) is 18.4. The average Bonchev–Trinajstić information content (AvgIpc) is 3.14. The highest BCUT2D eigenvalue weighted by atomic mass is 79.9. The first-order valence-electron chi connectivity index (χ1n) is 8.45. The quantitative estimate of drug-likeness (QED) is 0.437. The molecule has 5 nitrogen and oxygen atoms in total. The summed E-state index contributed by atoms with van der Waals surface area (Å²) in [6.45, 7) is 0. The second-order valence-corrected chi connectivity index (χ2v) is 7.33. The van der Waals surface area contributed by atoms with E-state index in [2.05, 4.69) is 31.3 Å². The van der Waals surface area contributed by atoms with Crippen molar-refractivity contribution in [1.29, 1.82) is 0 Å². The molecule has 0 saturated heterocycles. The van der Waals surface area contributed by atoms with E-state index in [0.717, 1.165) is 15.7 Å². The Morgan fingerprint density at radius 2 is 1.75 bits per heavy atom. The lowest BCUT2D eigenvalue weighted by Gasteiger charge is -2.05. The molecule has 0 atom stereocenters. The van der Waals surface area contributed by atoms with E-state index >= 15 is 0 Å². The third-order valence-electron chi connectivity index (χ3n) is 3.98. The van der Waals surface area contributed by atoms with E-state index in [4.69, 9.17) is 11.6 Å². The fraction of sp³-hybridized carbons (Fsp3) is 0. The topological polar surface area (TPSA) is 59.8 Å². The van der Waals surface area contributed by atoms with Crippen LogP contribution in [0.25, 0.3) is 17.1 Å². The van der Waals surface area contributed by atoms with Crippen LogP contribution in [0.2, 0.25) is 5.02 Å². The maximum absolute atomic E-state index is 12.7. The molecule has 0 spiro atoms. The molecule has 1 aromatic heterocycles. The van der Waals surface area contributed by atoms with Crippen molar-refractivity contribution in [2.45, 2.75) is 0 Å². The number of rotatable bonds is 4. The van der Waals surface area contributed by atoms with Gasteiger partial charge in [-0.3, -0.25) is 4.79 Å². The minimum absolute atomic E-state index is 0.0683. The van der Waals surface area contributed by atoms with Crippen LogP contribution in [0.5, 0.6) is 0 Å². The Kier molecular flexibility index (Phi) is 5.23. The predicted molar refractivity (Wildman–Crippen MR) is 114 cm³/mol. The van der Waals surface area contributed by atoms with Gasteiger partial charge in [0, 0.05) is 20.7 Å². The van der Waals surface area contributed by atoms with Crippen molar-refractivity contribution < 1.29 is 4.79 Å². The second kappa shape index (κ2) is 7.96. The van der Waals surface area contributed by atoms with Crippen LogP contribution >= 0.6 is 27.5 Å². The van der Waals surface area contributed by atoms with Gasteiger partial charge in [0.2, 0.25) is 5.82 Å². The summed E-state index contributed by atoms with van der Waals surface area (Å²) in [6.07, 6.45) is 0. The van der Waals surface area contributed by atoms with Crippen molar-refractivity contribution in [3.05, 3.63) is 94.2 Å². The Hall–Kier alpha value is -2.96. The number of hydrogen-bond acceptors (Lipinski definition) is 3. The summed E-state index contributed by atoms with van der Waals surface area (Å²) in [5.74, 6) is 0.211. The number of amides is 1. The predicted octanol–water partition coefficient (Wildman–Crippen LogP) is 5.60. The number of benzene rings is 3. The molecule has 138 valence electrons. The SMILES string of the molecule is O=C(Nc1cccc(Br)c1)c1nc(-c2cccc(Cl)c2)n(-c2ccccc2)n1. The highest BCUT2D eigenvalue weighted by Crippen LogP contribution is 2.24.